The lowest BCUT2D eigenvalue weighted by molar-refractivity contribution is -0.0287. The molecule has 0 bridgehead atoms. The standard InChI is InChI=1S/C34H38O8/c1-18-29-24(30(18)29)12-14-38-22-10-6-20(7-11-22)34(36)42-28-17-40-31-27(16-39-32(28)31)41-33(35)19-4-8-21(9-5-19)37-13-2-3-23-25-15-26(23)25/h4-11,18,23-32H,2-3,12-17H2,1H3/t18?,23?,24?,25?,26?,27-,28+,29?,30?,31+,32+/m0/s1. The number of hydrogen-bond donors (Lipinski definition) is 0. The summed E-state index contributed by atoms with van der Waals surface area (Å²) in [6.07, 6.45) is 2.77. The smallest absolute Gasteiger partial charge is 0.338 e. The van der Waals surface area contributed by atoms with E-state index in [1.165, 1.54) is 12.8 Å². The molecule has 4 saturated carbocycles. The third-order valence-electron chi connectivity index (χ3n) is 10.5. The van der Waals surface area contributed by atoms with Gasteiger partial charge in [0.1, 0.15) is 23.7 Å². The van der Waals surface area contributed by atoms with Crippen LogP contribution in [0.15, 0.2) is 48.5 Å². The molecule has 2 aliphatic heterocycles. The van der Waals surface area contributed by atoms with Gasteiger partial charge in [-0.25, -0.2) is 9.59 Å². The van der Waals surface area contributed by atoms with E-state index in [4.69, 9.17) is 28.4 Å². The zero-order chi connectivity index (χ0) is 28.4. The van der Waals surface area contributed by atoms with Gasteiger partial charge in [-0.3, -0.25) is 0 Å². The molecule has 0 spiro atoms. The molecule has 0 aromatic heterocycles. The van der Waals surface area contributed by atoms with Gasteiger partial charge >= 0.3 is 11.9 Å². The van der Waals surface area contributed by atoms with Crippen LogP contribution in [0.5, 0.6) is 11.5 Å². The van der Waals surface area contributed by atoms with Gasteiger partial charge in [-0.1, -0.05) is 6.92 Å². The highest BCUT2D eigenvalue weighted by molar-refractivity contribution is 5.90. The molecule has 8 nitrogen and oxygen atoms in total. The topological polar surface area (TPSA) is 89.5 Å². The molecule has 2 saturated heterocycles. The van der Waals surface area contributed by atoms with Gasteiger partial charge < -0.3 is 28.4 Å². The predicted octanol–water partition coefficient (Wildman–Crippen LogP) is 4.94. The van der Waals surface area contributed by atoms with Gasteiger partial charge in [0, 0.05) is 0 Å². The van der Waals surface area contributed by atoms with Gasteiger partial charge in [-0.2, -0.15) is 0 Å². The van der Waals surface area contributed by atoms with Crippen LogP contribution in [0.3, 0.4) is 0 Å². The first-order chi connectivity index (χ1) is 20.5. The van der Waals surface area contributed by atoms with Crippen molar-refractivity contribution in [3.8, 4) is 11.5 Å². The molecule has 4 aliphatic carbocycles. The molecular weight excluding hydrogens is 536 g/mol. The fourth-order valence-electron chi connectivity index (χ4n) is 7.55. The molecule has 4 unspecified atom stereocenters. The number of carbonyl (C=O) groups excluding carboxylic acids is 2. The van der Waals surface area contributed by atoms with Crippen molar-refractivity contribution in [1.29, 1.82) is 0 Å². The van der Waals surface area contributed by atoms with E-state index in [-0.39, 0.29) is 13.2 Å². The van der Waals surface area contributed by atoms with E-state index in [1.54, 1.807) is 48.5 Å². The van der Waals surface area contributed by atoms with Gasteiger partial charge in [0.05, 0.1) is 37.6 Å². The average molecular weight is 575 g/mol. The maximum Gasteiger partial charge on any atom is 0.338 e. The lowest BCUT2D eigenvalue weighted by Gasteiger charge is -2.17. The minimum absolute atomic E-state index is 0.187. The fraction of sp³-hybridized carbons (Fsp3) is 0.588. The Labute approximate surface area is 245 Å². The molecule has 222 valence electrons. The van der Waals surface area contributed by atoms with Crippen LogP contribution in [0.1, 0.15) is 53.3 Å². The van der Waals surface area contributed by atoms with E-state index in [0.717, 1.165) is 65.8 Å². The third kappa shape index (κ3) is 5.17. The van der Waals surface area contributed by atoms with E-state index in [2.05, 4.69) is 6.92 Å². The van der Waals surface area contributed by atoms with Crippen LogP contribution in [-0.2, 0) is 18.9 Å². The van der Waals surface area contributed by atoms with Crippen molar-refractivity contribution in [2.24, 2.45) is 41.4 Å². The van der Waals surface area contributed by atoms with E-state index >= 15 is 0 Å². The lowest BCUT2D eigenvalue weighted by Crippen LogP contribution is -2.36. The summed E-state index contributed by atoms with van der Waals surface area (Å²) in [5.74, 6) is 7.32. The van der Waals surface area contributed by atoms with E-state index in [9.17, 15) is 9.59 Å². The van der Waals surface area contributed by atoms with Gasteiger partial charge in [-0.05, 0) is 116 Å². The van der Waals surface area contributed by atoms with Crippen molar-refractivity contribution in [2.45, 2.75) is 57.0 Å². The number of ether oxygens (including phenoxy) is 6. The second-order valence-corrected chi connectivity index (χ2v) is 13.1. The molecule has 6 fully saturated rings. The fourth-order valence-corrected chi connectivity index (χ4v) is 7.55. The summed E-state index contributed by atoms with van der Waals surface area (Å²) in [5, 5.41) is 0. The quantitative estimate of drug-likeness (QED) is 0.246. The Morgan fingerprint density at radius 2 is 1.24 bits per heavy atom. The molecule has 42 heavy (non-hydrogen) atoms. The number of hydrogen-bond acceptors (Lipinski definition) is 8. The van der Waals surface area contributed by atoms with Gasteiger partial charge in [0.15, 0.2) is 12.2 Å². The van der Waals surface area contributed by atoms with Gasteiger partial charge in [0.2, 0.25) is 0 Å². The van der Waals surface area contributed by atoms with Crippen LogP contribution in [0.25, 0.3) is 0 Å². The maximum atomic E-state index is 12.8. The van der Waals surface area contributed by atoms with Crippen molar-refractivity contribution >= 4 is 11.9 Å². The minimum Gasteiger partial charge on any atom is -0.494 e. The van der Waals surface area contributed by atoms with Crippen LogP contribution in [0, 0.1) is 41.4 Å². The second-order valence-electron chi connectivity index (χ2n) is 13.1. The first kappa shape index (κ1) is 26.5. The van der Waals surface area contributed by atoms with Crippen molar-refractivity contribution in [2.75, 3.05) is 26.4 Å². The normalized spacial score (nSPS) is 37.6. The molecule has 0 amide bonds. The summed E-state index contributed by atoms with van der Waals surface area (Å²) in [5.41, 5.74) is 0.881. The van der Waals surface area contributed by atoms with Crippen molar-refractivity contribution in [1.82, 2.24) is 0 Å². The van der Waals surface area contributed by atoms with Crippen LogP contribution in [-0.4, -0.2) is 62.8 Å². The molecule has 0 radical (unpaired) electrons. The summed E-state index contributed by atoms with van der Waals surface area (Å²) in [4.78, 5) is 25.6. The van der Waals surface area contributed by atoms with Crippen molar-refractivity contribution < 1.29 is 38.0 Å². The zero-order valence-electron chi connectivity index (χ0n) is 23.9. The number of fused-ring (bicyclic) bond motifs is 3. The molecule has 2 heterocycles. The highest BCUT2D eigenvalue weighted by Gasteiger charge is 2.69. The SMILES string of the molecule is CC1C2C(CCOc3ccc(C(=O)O[C@@H]4CO[C@H]5[C@@H]4OC[C@@H]5OC(=O)c4ccc(OCCCC5C6CC56)cc4)cc3)C12. The van der Waals surface area contributed by atoms with E-state index in [0.29, 0.717) is 24.3 Å². The van der Waals surface area contributed by atoms with Crippen molar-refractivity contribution in [3.63, 3.8) is 0 Å². The summed E-state index contributed by atoms with van der Waals surface area (Å²) >= 11 is 0. The summed E-state index contributed by atoms with van der Waals surface area (Å²) in [6.45, 7) is 4.11. The predicted molar refractivity (Wildman–Crippen MR) is 150 cm³/mol. The molecule has 6 aliphatic rings. The molecule has 8 rings (SSSR count). The molecule has 8 heteroatoms. The number of carbonyl (C=O) groups is 2. The van der Waals surface area contributed by atoms with Crippen LogP contribution >= 0.6 is 0 Å². The Kier molecular flexibility index (Phi) is 6.67. The maximum absolute atomic E-state index is 12.8. The third-order valence-corrected chi connectivity index (χ3v) is 10.5. The monoisotopic (exact) mass is 574 g/mol. The number of esters is 2. The second kappa shape index (κ2) is 10.6. The van der Waals surface area contributed by atoms with E-state index < -0.39 is 36.4 Å². The van der Waals surface area contributed by atoms with Gasteiger partial charge in [-0.15, -0.1) is 0 Å². The Bertz CT molecular complexity index is 1310. The number of benzene rings is 2. The van der Waals surface area contributed by atoms with Crippen molar-refractivity contribution in [3.05, 3.63) is 59.7 Å². The largest absolute Gasteiger partial charge is 0.494 e. The van der Waals surface area contributed by atoms with Crippen LogP contribution < -0.4 is 9.47 Å². The highest BCUT2D eigenvalue weighted by atomic mass is 16.7. The first-order valence-electron chi connectivity index (χ1n) is 15.7. The minimum atomic E-state index is -0.573. The highest BCUT2D eigenvalue weighted by Crippen LogP contribution is 2.74. The molecule has 2 aromatic carbocycles. The van der Waals surface area contributed by atoms with Crippen LogP contribution in [0.2, 0.25) is 0 Å². The Hall–Kier alpha value is -3.10. The molecule has 8 atom stereocenters. The average Bonchev–Trinajstić information content (AvgIpc) is 3.94. The lowest BCUT2D eigenvalue weighted by atomic mass is 10.0. The molecular formula is C34H38O8. The first-order valence-corrected chi connectivity index (χ1v) is 15.7. The molecule has 0 N–H and O–H groups in total. The number of rotatable bonds is 13. The Morgan fingerprint density at radius 1 is 0.714 bits per heavy atom. The summed E-state index contributed by atoms with van der Waals surface area (Å²) in [6, 6.07) is 14.1. The zero-order valence-corrected chi connectivity index (χ0v) is 23.9. The molecule has 2 aromatic rings. The summed E-state index contributed by atoms with van der Waals surface area (Å²) in [7, 11) is 0. The Balaban J connectivity index is 0.768. The van der Waals surface area contributed by atoms with Crippen LogP contribution in [0.4, 0.5) is 0 Å². The van der Waals surface area contributed by atoms with E-state index in [1.807, 2.05) is 0 Å². The Morgan fingerprint density at radius 3 is 1.71 bits per heavy atom. The van der Waals surface area contributed by atoms with Gasteiger partial charge in [0.25, 0.3) is 0 Å². The summed E-state index contributed by atoms with van der Waals surface area (Å²) < 4.78 is 34.9.